The van der Waals surface area contributed by atoms with E-state index in [9.17, 15) is 26.7 Å². The number of halogens is 5. The van der Waals surface area contributed by atoms with E-state index in [2.05, 4.69) is 9.72 Å². The smallest absolute Gasteiger partial charge is 0.503 e. The quantitative estimate of drug-likeness (QED) is 0.667. The normalized spacial score (nSPS) is 11.6. The zero-order chi connectivity index (χ0) is 13.2. The van der Waals surface area contributed by atoms with Crippen molar-refractivity contribution in [2.24, 2.45) is 0 Å². The third-order valence-corrected chi connectivity index (χ3v) is 1.61. The summed E-state index contributed by atoms with van der Waals surface area (Å²) in [6.07, 6.45) is -8.18. The molecule has 0 aromatic carbocycles. The van der Waals surface area contributed by atoms with Crippen molar-refractivity contribution >= 4 is 6.29 Å². The second-order valence-electron chi connectivity index (χ2n) is 2.74. The molecule has 1 heterocycles. The summed E-state index contributed by atoms with van der Waals surface area (Å²) >= 11 is 0. The number of ether oxygens (including phenoxy) is 1. The van der Waals surface area contributed by atoms with Gasteiger partial charge >= 0.3 is 6.36 Å². The van der Waals surface area contributed by atoms with E-state index in [0.29, 0.717) is 6.20 Å². The lowest BCUT2D eigenvalue weighted by atomic mass is 10.2. The van der Waals surface area contributed by atoms with E-state index in [1.165, 1.54) is 0 Å². The van der Waals surface area contributed by atoms with Gasteiger partial charge in [-0.15, -0.1) is 13.2 Å². The minimum atomic E-state index is -5.23. The summed E-state index contributed by atoms with van der Waals surface area (Å²) in [5.74, 6) is -2.90. The second-order valence-corrected chi connectivity index (χ2v) is 2.74. The first-order valence-electron chi connectivity index (χ1n) is 3.97. The highest BCUT2D eigenvalue weighted by Gasteiger charge is 2.35. The molecule has 0 amide bonds. The topological polar surface area (TPSA) is 59.4 Å². The van der Waals surface area contributed by atoms with Gasteiger partial charge in [0.25, 0.3) is 6.43 Å². The molecule has 0 bridgehead atoms. The third kappa shape index (κ3) is 3.02. The van der Waals surface area contributed by atoms with Crippen molar-refractivity contribution in [2.45, 2.75) is 12.8 Å². The highest BCUT2D eigenvalue weighted by molar-refractivity contribution is 5.80. The van der Waals surface area contributed by atoms with E-state index in [1.54, 1.807) is 0 Å². The molecule has 1 N–H and O–H groups in total. The number of carbonyl (C=O) groups is 1. The van der Waals surface area contributed by atoms with Gasteiger partial charge < -0.3 is 9.84 Å². The predicted octanol–water partition coefficient (Wildman–Crippen LogP) is 2.44. The Kier molecular flexibility index (Phi) is 3.49. The lowest BCUT2D eigenvalue weighted by Gasteiger charge is -2.13. The molecule has 1 rings (SSSR count). The number of aromatic hydroxyl groups is 1. The summed E-state index contributed by atoms with van der Waals surface area (Å²) in [7, 11) is 0. The number of aromatic nitrogens is 1. The van der Waals surface area contributed by atoms with Gasteiger partial charge in [0.15, 0.2) is 23.5 Å². The Morgan fingerprint density at radius 3 is 2.41 bits per heavy atom. The molecule has 0 spiro atoms. The van der Waals surface area contributed by atoms with Crippen molar-refractivity contribution in [3.8, 4) is 11.5 Å². The van der Waals surface area contributed by atoms with Gasteiger partial charge in [-0.2, -0.15) is 0 Å². The Balaban J connectivity index is 3.32. The lowest BCUT2D eigenvalue weighted by molar-refractivity contribution is -0.275. The maximum Gasteiger partial charge on any atom is 0.573 e. The number of aldehydes is 1. The van der Waals surface area contributed by atoms with Crippen LogP contribution in [0.2, 0.25) is 0 Å². The lowest BCUT2D eigenvalue weighted by Crippen LogP contribution is -2.18. The van der Waals surface area contributed by atoms with Gasteiger partial charge in [0.05, 0.1) is 5.56 Å². The van der Waals surface area contributed by atoms with E-state index < -0.39 is 35.5 Å². The molecule has 4 nitrogen and oxygen atoms in total. The SMILES string of the molecule is O=Cc1cnc(C(F)F)c(O)c1OC(F)(F)F. The third-order valence-electron chi connectivity index (χ3n) is 1.61. The highest BCUT2D eigenvalue weighted by atomic mass is 19.4. The summed E-state index contributed by atoms with van der Waals surface area (Å²) in [5, 5.41) is 9.11. The Bertz CT molecular complexity index is 432. The molecule has 0 aliphatic carbocycles. The molecule has 1 aromatic heterocycles. The van der Waals surface area contributed by atoms with Crippen LogP contribution in [0.15, 0.2) is 6.20 Å². The molecular weight excluding hydrogens is 253 g/mol. The standard InChI is InChI=1S/C8H4F5NO3/c9-7(10)4-5(16)6(17-8(11,12)13)3(2-15)1-14-4/h1-2,7,16H. The van der Waals surface area contributed by atoms with Crippen molar-refractivity contribution in [3.05, 3.63) is 17.5 Å². The number of rotatable bonds is 3. The minimum Gasteiger partial charge on any atom is -0.503 e. The van der Waals surface area contributed by atoms with Crippen LogP contribution < -0.4 is 4.74 Å². The average Bonchev–Trinajstić information content (AvgIpc) is 2.18. The molecule has 0 radical (unpaired) electrons. The van der Waals surface area contributed by atoms with Crippen molar-refractivity contribution < 1.29 is 36.6 Å². The van der Waals surface area contributed by atoms with E-state index in [0.717, 1.165) is 0 Å². The van der Waals surface area contributed by atoms with Gasteiger partial charge in [-0.25, -0.2) is 8.78 Å². The zero-order valence-electron chi connectivity index (χ0n) is 7.83. The van der Waals surface area contributed by atoms with Gasteiger partial charge in [-0.05, 0) is 0 Å². The summed E-state index contributed by atoms with van der Waals surface area (Å²) in [6.45, 7) is 0. The van der Waals surface area contributed by atoms with E-state index in [4.69, 9.17) is 5.11 Å². The van der Waals surface area contributed by atoms with Crippen molar-refractivity contribution in [2.75, 3.05) is 0 Å². The first-order valence-corrected chi connectivity index (χ1v) is 3.97. The number of alkyl halides is 5. The zero-order valence-corrected chi connectivity index (χ0v) is 7.83. The highest BCUT2D eigenvalue weighted by Crippen LogP contribution is 2.39. The van der Waals surface area contributed by atoms with Crippen molar-refractivity contribution in [3.63, 3.8) is 0 Å². The van der Waals surface area contributed by atoms with E-state index in [1.807, 2.05) is 0 Å². The van der Waals surface area contributed by atoms with Gasteiger partial charge in [0.1, 0.15) is 0 Å². The molecule has 0 aliphatic heterocycles. The first kappa shape index (κ1) is 13.1. The Morgan fingerprint density at radius 1 is 1.41 bits per heavy atom. The van der Waals surface area contributed by atoms with Crippen LogP contribution in [0.25, 0.3) is 0 Å². The summed E-state index contributed by atoms with van der Waals surface area (Å²) in [6, 6.07) is 0. The van der Waals surface area contributed by atoms with Crippen LogP contribution in [0.3, 0.4) is 0 Å². The predicted molar refractivity (Wildman–Crippen MR) is 42.9 cm³/mol. The molecule has 17 heavy (non-hydrogen) atoms. The van der Waals surface area contributed by atoms with Crippen LogP contribution in [-0.2, 0) is 0 Å². The molecule has 9 heteroatoms. The molecule has 0 saturated heterocycles. The Morgan fingerprint density at radius 2 is 2.00 bits per heavy atom. The number of hydrogen-bond acceptors (Lipinski definition) is 4. The van der Waals surface area contributed by atoms with E-state index in [-0.39, 0.29) is 6.29 Å². The van der Waals surface area contributed by atoms with Gasteiger partial charge in [0.2, 0.25) is 0 Å². The Labute approximate surface area is 90.6 Å². The van der Waals surface area contributed by atoms with Gasteiger partial charge in [-0.1, -0.05) is 0 Å². The van der Waals surface area contributed by atoms with Gasteiger partial charge in [-0.3, -0.25) is 9.78 Å². The van der Waals surface area contributed by atoms with Crippen LogP contribution in [0, 0.1) is 0 Å². The largest absolute Gasteiger partial charge is 0.573 e. The van der Waals surface area contributed by atoms with Gasteiger partial charge in [0, 0.05) is 6.20 Å². The maximum atomic E-state index is 12.2. The molecule has 0 aliphatic rings. The second kappa shape index (κ2) is 4.52. The van der Waals surface area contributed by atoms with Crippen molar-refractivity contribution in [1.82, 2.24) is 4.98 Å². The number of hydrogen-bond donors (Lipinski definition) is 1. The fourth-order valence-corrected chi connectivity index (χ4v) is 0.979. The monoisotopic (exact) mass is 257 g/mol. The molecule has 0 fully saturated rings. The van der Waals surface area contributed by atoms with Crippen LogP contribution >= 0.6 is 0 Å². The molecule has 1 aromatic rings. The number of pyridine rings is 1. The van der Waals surface area contributed by atoms with Crippen LogP contribution in [0.1, 0.15) is 22.5 Å². The molecule has 94 valence electrons. The maximum absolute atomic E-state index is 12.2. The van der Waals surface area contributed by atoms with Crippen LogP contribution in [0.5, 0.6) is 11.5 Å². The van der Waals surface area contributed by atoms with Crippen molar-refractivity contribution in [1.29, 1.82) is 0 Å². The molecule has 0 atom stereocenters. The van der Waals surface area contributed by atoms with Crippen LogP contribution in [-0.4, -0.2) is 22.7 Å². The molecule has 0 unspecified atom stereocenters. The average molecular weight is 257 g/mol. The minimum absolute atomic E-state index is 0.108. The first-order chi connectivity index (χ1) is 7.76. The number of nitrogens with zero attached hydrogens (tertiary/aromatic N) is 1. The Hall–Kier alpha value is -1.93. The van der Waals surface area contributed by atoms with E-state index >= 15 is 0 Å². The summed E-state index contributed by atoms with van der Waals surface area (Å²) in [5.41, 5.74) is -2.08. The fourth-order valence-electron chi connectivity index (χ4n) is 0.979. The molecular formula is C8H4F5NO3. The molecule has 0 saturated carbocycles. The summed E-state index contributed by atoms with van der Waals surface area (Å²) in [4.78, 5) is 13.3. The fraction of sp³-hybridized carbons (Fsp3) is 0.250. The number of carbonyl (C=O) groups excluding carboxylic acids is 1. The van der Waals surface area contributed by atoms with Crippen LogP contribution in [0.4, 0.5) is 22.0 Å². The summed E-state index contributed by atoms with van der Waals surface area (Å²) < 4.78 is 63.5.